The summed E-state index contributed by atoms with van der Waals surface area (Å²) in [5, 5.41) is 5.80. The van der Waals surface area contributed by atoms with Crippen LogP contribution in [0.25, 0.3) is 0 Å². The number of aryl methyl sites for hydroxylation is 1. The Morgan fingerprint density at radius 3 is 3.00 bits per heavy atom. The van der Waals surface area contributed by atoms with Gasteiger partial charge in [0.1, 0.15) is 5.75 Å². The summed E-state index contributed by atoms with van der Waals surface area (Å²) >= 11 is 0. The van der Waals surface area contributed by atoms with Crippen LogP contribution in [0.1, 0.15) is 5.69 Å². The Balaban J connectivity index is 1.92. The summed E-state index contributed by atoms with van der Waals surface area (Å²) < 4.78 is 7.35. The first-order valence-corrected chi connectivity index (χ1v) is 6.31. The molecule has 0 aliphatic rings. The van der Waals surface area contributed by atoms with E-state index in [0.717, 1.165) is 11.4 Å². The summed E-state index contributed by atoms with van der Waals surface area (Å²) in [5.41, 5.74) is 2.02. The van der Waals surface area contributed by atoms with Crippen LogP contribution in [0.3, 0.4) is 0 Å². The SMILES string of the molecule is CNC(=O)COc1cccc(NCc2cncn2C)c1. The molecule has 0 saturated carbocycles. The average molecular weight is 274 g/mol. The lowest BCUT2D eigenvalue weighted by Crippen LogP contribution is -2.24. The highest BCUT2D eigenvalue weighted by molar-refractivity contribution is 5.77. The van der Waals surface area contributed by atoms with Crippen LogP contribution in [0.15, 0.2) is 36.8 Å². The van der Waals surface area contributed by atoms with Crippen LogP contribution in [-0.2, 0) is 18.4 Å². The zero-order valence-electron chi connectivity index (χ0n) is 11.6. The smallest absolute Gasteiger partial charge is 0.257 e. The summed E-state index contributed by atoms with van der Waals surface area (Å²) in [6, 6.07) is 7.51. The number of anilines is 1. The minimum absolute atomic E-state index is 0.0156. The second kappa shape index (κ2) is 6.60. The minimum atomic E-state index is -0.154. The Kier molecular flexibility index (Phi) is 4.60. The molecule has 106 valence electrons. The first-order chi connectivity index (χ1) is 9.69. The lowest BCUT2D eigenvalue weighted by molar-refractivity contribution is -0.122. The number of aromatic nitrogens is 2. The Labute approximate surface area is 117 Å². The topological polar surface area (TPSA) is 68.2 Å². The maximum atomic E-state index is 11.1. The number of carbonyl (C=O) groups excluding carboxylic acids is 1. The summed E-state index contributed by atoms with van der Waals surface area (Å²) in [4.78, 5) is 15.2. The van der Waals surface area contributed by atoms with E-state index in [2.05, 4.69) is 15.6 Å². The van der Waals surface area contributed by atoms with Gasteiger partial charge in [0.05, 0.1) is 18.6 Å². The zero-order chi connectivity index (χ0) is 14.4. The molecule has 0 saturated heterocycles. The maximum absolute atomic E-state index is 11.1. The van der Waals surface area contributed by atoms with Crippen LogP contribution in [-0.4, -0.2) is 29.1 Å². The molecule has 1 aromatic carbocycles. The first-order valence-electron chi connectivity index (χ1n) is 6.31. The highest BCUT2D eigenvalue weighted by Gasteiger charge is 2.02. The molecule has 2 aromatic rings. The summed E-state index contributed by atoms with van der Waals surface area (Å²) in [7, 11) is 3.53. The number of rotatable bonds is 6. The number of nitrogens with one attached hydrogen (secondary N) is 2. The minimum Gasteiger partial charge on any atom is -0.484 e. The van der Waals surface area contributed by atoms with Crippen molar-refractivity contribution in [1.29, 1.82) is 0 Å². The number of imidazole rings is 1. The van der Waals surface area contributed by atoms with Gasteiger partial charge < -0.3 is 19.9 Å². The van der Waals surface area contributed by atoms with Gasteiger partial charge in [0, 0.05) is 32.0 Å². The molecular formula is C14H18N4O2. The Hall–Kier alpha value is -2.50. The molecule has 0 radical (unpaired) electrons. The van der Waals surface area contributed by atoms with E-state index >= 15 is 0 Å². The van der Waals surface area contributed by atoms with E-state index in [1.807, 2.05) is 42.1 Å². The molecule has 0 unspecified atom stereocenters. The zero-order valence-corrected chi connectivity index (χ0v) is 11.6. The van der Waals surface area contributed by atoms with Gasteiger partial charge in [-0.05, 0) is 12.1 Å². The molecule has 1 amide bonds. The highest BCUT2D eigenvalue weighted by Crippen LogP contribution is 2.17. The molecule has 0 atom stereocenters. The van der Waals surface area contributed by atoms with Crippen LogP contribution < -0.4 is 15.4 Å². The van der Waals surface area contributed by atoms with E-state index in [1.165, 1.54) is 0 Å². The Bertz CT molecular complexity index is 580. The first kappa shape index (κ1) is 13.9. The van der Waals surface area contributed by atoms with Crippen molar-refractivity contribution in [3.05, 3.63) is 42.5 Å². The van der Waals surface area contributed by atoms with Crippen molar-refractivity contribution < 1.29 is 9.53 Å². The summed E-state index contributed by atoms with van der Waals surface area (Å²) in [5.74, 6) is 0.502. The van der Waals surface area contributed by atoms with Gasteiger partial charge in [0.2, 0.25) is 0 Å². The fourth-order valence-corrected chi connectivity index (χ4v) is 1.66. The number of ether oxygens (including phenoxy) is 1. The third kappa shape index (κ3) is 3.74. The fourth-order valence-electron chi connectivity index (χ4n) is 1.66. The third-order valence-corrected chi connectivity index (χ3v) is 2.87. The number of likely N-dealkylation sites (N-methyl/N-ethyl adjacent to an activating group) is 1. The number of hydrogen-bond donors (Lipinski definition) is 2. The van der Waals surface area contributed by atoms with E-state index in [0.29, 0.717) is 12.3 Å². The van der Waals surface area contributed by atoms with Crippen molar-refractivity contribution in [2.75, 3.05) is 19.0 Å². The molecule has 1 aromatic heterocycles. The quantitative estimate of drug-likeness (QED) is 0.829. The van der Waals surface area contributed by atoms with Crippen LogP contribution >= 0.6 is 0 Å². The molecule has 2 rings (SSSR count). The second-order valence-corrected chi connectivity index (χ2v) is 4.34. The van der Waals surface area contributed by atoms with E-state index in [-0.39, 0.29) is 12.5 Å². The van der Waals surface area contributed by atoms with E-state index in [9.17, 15) is 4.79 Å². The number of benzene rings is 1. The standard InChI is InChI=1S/C14H18N4O2/c1-15-14(19)9-20-13-5-3-4-11(6-13)17-8-12-7-16-10-18(12)2/h3-7,10,17H,8-9H2,1-2H3,(H,15,19). The van der Waals surface area contributed by atoms with Gasteiger partial charge in [-0.1, -0.05) is 6.07 Å². The van der Waals surface area contributed by atoms with Gasteiger partial charge >= 0.3 is 0 Å². The molecule has 20 heavy (non-hydrogen) atoms. The van der Waals surface area contributed by atoms with Gasteiger partial charge in [-0.15, -0.1) is 0 Å². The highest BCUT2D eigenvalue weighted by atomic mass is 16.5. The maximum Gasteiger partial charge on any atom is 0.257 e. The second-order valence-electron chi connectivity index (χ2n) is 4.34. The molecule has 0 aliphatic heterocycles. The largest absolute Gasteiger partial charge is 0.484 e. The normalized spacial score (nSPS) is 10.1. The molecule has 1 heterocycles. The van der Waals surface area contributed by atoms with Crippen LogP contribution in [0.2, 0.25) is 0 Å². The predicted molar refractivity (Wildman–Crippen MR) is 76.5 cm³/mol. The molecular weight excluding hydrogens is 256 g/mol. The number of amides is 1. The van der Waals surface area contributed by atoms with Gasteiger partial charge in [0.15, 0.2) is 6.61 Å². The molecule has 2 N–H and O–H groups in total. The number of nitrogens with zero attached hydrogens (tertiary/aromatic N) is 2. The molecule has 0 fully saturated rings. The number of hydrogen-bond acceptors (Lipinski definition) is 4. The fraction of sp³-hybridized carbons (Fsp3) is 0.286. The summed E-state index contributed by atoms with van der Waals surface area (Å²) in [6.45, 7) is 0.692. The average Bonchev–Trinajstić information content (AvgIpc) is 2.88. The lowest BCUT2D eigenvalue weighted by Gasteiger charge is -2.09. The number of carbonyl (C=O) groups is 1. The van der Waals surface area contributed by atoms with Gasteiger partial charge in [0.25, 0.3) is 5.91 Å². The molecule has 0 spiro atoms. The van der Waals surface area contributed by atoms with Crippen molar-refractivity contribution in [2.24, 2.45) is 7.05 Å². The van der Waals surface area contributed by atoms with E-state index in [4.69, 9.17) is 4.74 Å². The van der Waals surface area contributed by atoms with Crippen LogP contribution in [0, 0.1) is 0 Å². The van der Waals surface area contributed by atoms with Crippen LogP contribution in [0.5, 0.6) is 5.75 Å². The molecule has 0 aliphatic carbocycles. The van der Waals surface area contributed by atoms with Gasteiger partial charge in [-0.25, -0.2) is 4.98 Å². The lowest BCUT2D eigenvalue weighted by atomic mass is 10.3. The van der Waals surface area contributed by atoms with Crippen molar-refractivity contribution in [3.63, 3.8) is 0 Å². The van der Waals surface area contributed by atoms with Crippen molar-refractivity contribution in [1.82, 2.24) is 14.9 Å². The predicted octanol–water partition coefficient (Wildman–Crippen LogP) is 1.16. The Morgan fingerprint density at radius 2 is 2.30 bits per heavy atom. The van der Waals surface area contributed by atoms with E-state index in [1.54, 1.807) is 13.4 Å². The Morgan fingerprint density at radius 1 is 1.45 bits per heavy atom. The monoisotopic (exact) mass is 274 g/mol. The third-order valence-electron chi connectivity index (χ3n) is 2.87. The van der Waals surface area contributed by atoms with Crippen molar-refractivity contribution in [3.8, 4) is 5.75 Å². The van der Waals surface area contributed by atoms with Gasteiger partial charge in [-0.3, -0.25) is 4.79 Å². The molecule has 6 heteroatoms. The van der Waals surface area contributed by atoms with Crippen molar-refractivity contribution >= 4 is 11.6 Å². The summed E-state index contributed by atoms with van der Waals surface area (Å²) in [6.07, 6.45) is 3.58. The molecule has 0 bridgehead atoms. The van der Waals surface area contributed by atoms with E-state index < -0.39 is 0 Å². The van der Waals surface area contributed by atoms with Crippen LogP contribution in [0.4, 0.5) is 5.69 Å². The van der Waals surface area contributed by atoms with Gasteiger partial charge in [-0.2, -0.15) is 0 Å². The van der Waals surface area contributed by atoms with Crippen molar-refractivity contribution in [2.45, 2.75) is 6.54 Å². The molecule has 6 nitrogen and oxygen atoms in total.